The van der Waals surface area contributed by atoms with E-state index in [-0.39, 0.29) is 11.9 Å². The molecule has 0 spiro atoms. The van der Waals surface area contributed by atoms with E-state index >= 15 is 0 Å². The van der Waals surface area contributed by atoms with Crippen LogP contribution in [-0.2, 0) is 32.0 Å². The summed E-state index contributed by atoms with van der Waals surface area (Å²) in [6.07, 6.45) is 0.497. The molecule has 5 heteroatoms. The molecule has 1 aliphatic rings. The van der Waals surface area contributed by atoms with Gasteiger partial charge in [-0.05, 0) is 31.4 Å². The summed E-state index contributed by atoms with van der Waals surface area (Å²) in [5.41, 5.74) is 2.14. The summed E-state index contributed by atoms with van der Waals surface area (Å²) in [5.74, 6) is -1.63. The lowest BCUT2D eigenvalue weighted by atomic mass is 9.85. The third kappa shape index (κ3) is 2.83. The molecule has 0 unspecified atom stereocenters. The van der Waals surface area contributed by atoms with Gasteiger partial charge in [0.2, 0.25) is 0 Å². The summed E-state index contributed by atoms with van der Waals surface area (Å²) in [6, 6.07) is 10.1. The highest BCUT2D eigenvalue weighted by Crippen LogP contribution is 2.33. The van der Waals surface area contributed by atoms with Gasteiger partial charge in [-0.3, -0.25) is 9.59 Å². The Morgan fingerprint density at radius 3 is 2.43 bits per heavy atom. The van der Waals surface area contributed by atoms with Crippen molar-refractivity contribution in [2.45, 2.75) is 26.8 Å². The van der Waals surface area contributed by atoms with Crippen molar-refractivity contribution in [3.8, 4) is 0 Å². The summed E-state index contributed by atoms with van der Waals surface area (Å²) in [7, 11) is 0. The van der Waals surface area contributed by atoms with Crippen LogP contribution in [0, 0.1) is 11.8 Å². The molecule has 1 aromatic heterocycles. The molecule has 0 saturated carbocycles. The van der Waals surface area contributed by atoms with Gasteiger partial charge in [0.1, 0.15) is 0 Å². The number of esters is 2. The molecule has 2 aromatic rings. The van der Waals surface area contributed by atoms with Crippen LogP contribution in [0.25, 0.3) is 10.9 Å². The summed E-state index contributed by atoms with van der Waals surface area (Å²) in [6.45, 7) is 4.62. The molecule has 0 N–H and O–H groups in total. The van der Waals surface area contributed by atoms with Crippen LogP contribution < -0.4 is 0 Å². The quantitative estimate of drug-likeness (QED) is 0.814. The number of para-hydroxylation sites is 1. The number of fused-ring (bicyclic) bond motifs is 3. The number of carbonyl (C=O) groups is 2. The normalized spacial score (nSPS) is 20.1. The third-order valence-corrected chi connectivity index (χ3v) is 4.37. The zero-order valence-electron chi connectivity index (χ0n) is 13.5. The van der Waals surface area contributed by atoms with E-state index in [9.17, 15) is 9.59 Å². The molecule has 2 heterocycles. The molecule has 0 aliphatic carbocycles. The van der Waals surface area contributed by atoms with Gasteiger partial charge in [0.15, 0.2) is 0 Å². The molecular weight excluding hydrogens is 294 g/mol. The number of aromatic nitrogens is 1. The molecular formula is C18H21NO4. The average molecular weight is 315 g/mol. The SMILES string of the molecule is CCOC(=O)[C@@H]1Cc2cc3ccccc3n2C[C@H]1C(=O)OCC. The Labute approximate surface area is 135 Å². The zero-order chi connectivity index (χ0) is 16.4. The topological polar surface area (TPSA) is 57.5 Å². The van der Waals surface area contributed by atoms with E-state index in [0.29, 0.717) is 26.2 Å². The summed E-state index contributed by atoms with van der Waals surface area (Å²) in [4.78, 5) is 24.6. The zero-order valence-corrected chi connectivity index (χ0v) is 13.5. The molecule has 23 heavy (non-hydrogen) atoms. The minimum absolute atomic E-state index is 0.310. The Kier molecular flexibility index (Phi) is 4.37. The van der Waals surface area contributed by atoms with E-state index in [4.69, 9.17) is 9.47 Å². The van der Waals surface area contributed by atoms with Gasteiger partial charge in [-0.25, -0.2) is 0 Å². The first-order chi connectivity index (χ1) is 11.2. The molecule has 0 amide bonds. The highest BCUT2D eigenvalue weighted by atomic mass is 16.5. The van der Waals surface area contributed by atoms with E-state index < -0.39 is 11.8 Å². The van der Waals surface area contributed by atoms with Crippen LogP contribution in [0.3, 0.4) is 0 Å². The summed E-state index contributed by atoms with van der Waals surface area (Å²) in [5, 5.41) is 1.12. The predicted molar refractivity (Wildman–Crippen MR) is 85.9 cm³/mol. The Morgan fingerprint density at radius 2 is 1.74 bits per heavy atom. The fraction of sp³-hybridized carbons (Fsp3) is 0.444. The minimum Gasteiger partial charge on any atom is -0.466 e. The maximum atomic E-state index is 12.3. The highest BCUT2D eigenvalue weighted by Gasteiger charge is 2.40. The molecule has 3 rings (SSSR count). The number of rotatable bonds is 4. The second-order valence-electron chi connectivity index (χ2n) is 5.73. The summed E-state index contributed by atoms with van der Waals surface area (Å²) >= 11 is 0. The van der Waals surface area contributed by atoms with Crippen molar-refractivity contribution in [1.29, 1.82) is 0 Å². The van der Waals surface area contributed by atoms with E-state index in [1.165, 1.54) is 0 Å². The smallest absolute Gasteiger partial charge is 0.311 e. The van der Waals surface area contributed by atoms with E-state index in [2.05, 4.69) is 10.6 Å². The second kappa shape index (κ2) is 6.44. The van der Waals surface area contributed by atoms with Crippen LogP contribution in [0.1, 0.15) is 19.5 Å². The fourth-order valence-corrected chi connectivity index (χ4v) is 3.33. The number of nitrogens with zero attached hydrogens (tertiary/aromatic N) is 1. The predicted octanol–water partition coefficient (Wildman–Crippen LogP) is 2.56. The fourth-order valence-electron chi connectivity index (χ4n) is 3.33. The van der Waals surface area contributed by atoms with Crippen LogP contribution in [0.5, 0.6) is 0 Å². The Hall–Kier alpha value is -2.30. The lowest BCUT2D eigenvalue weighted by Crippen LogP contribution is -2.40. The Bertz CT molecular complexity index is 734. The Morgan fingerprint density at radius 1 is 1.09 bits per heavy atom. The van der Waals surface area contributed by atoms with Crippen molar-refractivity contribution in [3.63, 3.8) is 0 Å². The first-order valence-corrected chi connectivity index (χ1v) is 8.06. The Balaban J connectivity index is 1.99. The monoisotopic (exact) mass is 315 g/mol. The molecule has 0 saturated heterocycles. The number of ether oxygens (including phenoxy) is 2. The van der Waals surface area contributed by atoms with Crippen LogP contribution in [0.4, 0.5) is 0 Å². The van der Waals surface area contributed by atoms with Gasteiger partial charge in [-0.1, -0.05) is 18.2 Å². The largest absolute Gasteiger partial charge is 0.466 e. The van der Waals surface area contributed by atoms with Gasteiger partial charge in [0.05, 0.1) is 25.0 Å². The molecule has 122 valence electrons. The van der Waals surface area contributed by atoms with Crippen molar-refractivity contribution < 1.29 is 19.1 Å². The van der Waals surface area contributed by atoms with Gasteiger partial charge in [0.25, 0.3) is 0 Å². The molecule has 1 aliphatic heterocycles. The number of benzene rings is 1. The molecule has 0 fully saturated rings. The van der Waals surface area contributed by atoms with Gasteiger partial charge in [-0.15, -0.1) is 0 Å². The van der Waals surface area contributed by atoms with Crippen molar-refractivity contribution in [2.24, 2.45) is 11.8 Å². The van der Waals surface area contributed by atoms with Gasteiger partial charge < -0.3 is 14.0 Å². The highest BCUT2D eigenvalue weighted by molar-refractivity contribution is 5.85. The van der Waals surface area contributed by atoms with Crippen LogP contribution in [0.15, 0.2) is 30.3 Å². The van der Waals surface area contributed by atoms with Gasteiger partial charge in [0, 0.05) is 24.2 Å². The number of hydrogen-bond donors (Lipinski definition) is 0. The van der Waals surface area contributed by atoms with E-state index in [1.54, 1.807) is 13.8 Å². The first kappa shape index (κ1) is 15.6. The van der Waals surface area contributed by atoms with Crippen molar-refractivity contribution >= 4 is 22.8 Å². The first-order valence-electron chi connectivity index (χ1n) is 8.06. The third-order valence-electron chi connectivity index (χ3n) is 4.37. The molecule has 2 atom stereocenters. The second-order valence-corrected chi connectivity index (χ2v) is 5.73. The minimum atomic E-state index is -0.502. The van der Waals surface area contributed by atoms with E-state index in [0.717, 1.165) is 16.6 Å². The summed E-state index contributed by atoms with van der Waals surface area (Å²) < 4.78 is 12.5. The lowest BCUT2D eigenvalue weighted by Gasteiger charge is -2.30. The molecule has 1 aromatic carbocycles. The maximum absolute atomic E-state index is 12.3. The molecule has 0 bridgehead atoms. The van der Waals surface area contributed by atoms with Crippen molar-refractivity contribution in [3.05, 3.63) is 36.0 Å². The standard InChI is InChI=1S/C18H21NO4/c1-3-22-17(20)14-10-13-9-12-7-5-6-8-16(12)19(13)11-15(14)18(21)23-4-2/h5-9,14-15H,3-4,10-11H2,1-2H3/t14-,15-/m1/s1. The molecule has 0 radical (unpaired) electrons. The van der Waals surface area contributed by atoms with Crippen LogP contribution in [0.2, 0.25) is 0 Å². The number of hydrogen-bond acceptors (Lipinski definition) is 4. The van der Waals surface area contributed by atoms with Crippen LogP contribution >= 0.6 is 0 Å². The average Bonchev–Trinajstić information content (AvgIpc) is 2.91. The van der Waals surface area contributed by atoms with Gasteiger partial charge in [-0.2, -0.15) is 0 Å². The van der Waals surface area contributed by atoms with Crippen molar-refractivity contribution in [2.75, 3.05) is 13.2 Å². The van der Waals surface area contributed by atoms with Gasteiger partial charge >= 0.3 is 11.9 Å². The number of carbonyl (C=O) groups excluding carboxylic acids is 2. The van der Waals surface area contributed by atoms with Crippen LogP contribution in [-0.4, -0.2) is 29.7 Å². The van der Waals surface area contributed by atoms with E-state index in [1.807, 2.05) is 24.3 Å². The maximum Gasteiger partial charge on any atom is 0.311 e. The lowest BCUT2D eigenvalue weighted by molar-refractivity contribution is -0.161. The van der Waals surface area contributed by atoms with Crippen molar-refractivity contribution in [1.82, 2.24) is 4.57 Å². The molecule has 5 nitrogen and oxygen atoms in total.